The van der Waals surface area contributed by atoms with Crippen molar-refractivity contribution in [3.05, 3.63) is 60.3 Å². The van der Waals surface area contributed by atoms with Crippen LogP contribution in [0, 0.1) is 6.92 Å². The normalized spacial score (nSPS) is 14.4. The number of phenols is 1. The van der Waals surface area contributed by atoms with E-state index in [1.807, 2.05) is 31.3 Å². The van der Waals surface area contributed by atoms with Gasteiger partial charge in [-0.2, -0.15) is 0 Å². The van der Waals surface area contributed by atoms with E-state index in [-0.39, 0.29) is 5.75 Å². The van der Waals surface area contributed by atoms with Crippen molar-refractivity contribution in [1.29, 1.82) is 0 Å². The van der Waals surface area contributed by atoms with Gasteiger partial charge >= 0.3 is 0 Å². The van der Waals surface area contributed by atoms with Gasteiger partial charge in [0.1, 0.15) is 23.8 Å². The lowest BCUT2D eigenvalue weighted by atomic mass is 10.1. The fourth-order valence-electron chi connectivity index (χ4n) is 4.05. The summed E-state index contributed by atoms with van der Waals surface area (Å²) in [4.78, 5) is 7.18. The Labute approximate surface area is 203 Å². The van der Waals surface area contributed by atoms with Crippen LogP contribution >= 0.6 is 0 Å². The monoisotopic (exact) mass is 475 g/mol. The molecule has 4 aromatic rings. The molecule has 0 unspecified atom stereocenters. The van der Waals surface area contributed by atoms with Crippen LogP contribution in [0.15, 0.2) is 54.7 Å². The molecule has 1 aliphatic rings. The lowest BCUT2D eigenvalue weighted by Gasteiger charge is -2.26. The molecule has 35 heavy (non-hydrogen) atoms. The Balaban J connectivity index is 1.19. The van der Waals surface area contributed by atoms with Crippen molar-refractivity contribution in [2.24, 2.45) is 0 Å². The fraction of sp³-hybridized carbons (Fsp3) is 0.346. The first-order valence-corrected chi connectivity index (χ1v) is 11.8. The maximum Gasteiger partial charge on any atom is 0.132 e. The third-order valence-electron chi connectivity index (χ3n) is 5.98. The second kappa shape index (κ2) is 10.8. The average Bonchev–Trinajstić information content (AvgIpc) is 3.37. The molecule has 0 radical (unpaired) electrons. The molecule has 1 aliphatic heterocycles. The van der Waals surface area contributed by atoms with E-state index < -0.39 is 0 Å². The van der Waals surface area contributed by atoms with Gasteiger partial charge in [0.15, 0.2) is 0 Å². The molecule has 2 aromatic heterocycles. The molecule has 0 saturated carbocycles. The Morgan fingerprint density at radius 3 is 2.66 bits per heavy atom. The first kappa shape index (κ1) is 23.2. The molecule has 182 valence electrons. The number of hydrogen-bond acceptors (Lipinski definition) is 8. The topological polar surface area (TPSA) is 94.8 Å². The second-order valence-electron chi connectivity index (χ2n) is 8.49. The quantitative estimate of drug-likeness (QED) is 0.369. The van der Waals surface area contributed by atoms with Gasteiger partial charge in [-0.05, 0) is 61.0 Å². The fourth-order valence-corrected chi connectivity index (χ4v) is 4.05. The molecule has 9 nitrogen and oxygen atoms in total. The second-order valence-corrected chi connectivity index (χ2v) is 8.49. The number of phenolic OH excluding ortho intramolecular Hbond substituents is 1. The molecule has 0 bridgehead atoms. The number of aromatic hydroxyl groups is 1. The minimum atomic E-state index is 0.209. The zero-order valence-electron chi connectivity index (χ0n) is 19.8. The predicted octanol–water partition coefficient (Wildman–Crippen LogP) is 3.22. The molecule has 0 aliphatic carbocycles. The molecule has 0 spiro atoms. The summed E-state index contributed by atoms with van der Waals surface area (Å²) in [7, 11) is 0. The van der Waals surface area contributed by atoms with Gasteiger partial charge in [0.2, 0.25) is 0 Å². The van der Waals surface area contributed by atoms with Crippen LogP contribution in [-0.4, -0.2) is 82.7 Å². The van der Waals surface area contributed by atoms with Crippen LogP contribution in [0.2, 0.25) is 0 Å². The van der Waals surface area contributed by atoms with E-state index >= 15 is 0 Å². The predicted molar refractivity (Wildman–Crippen MR) is 132 cm³/mol. The smallest absolute Gasteiger partial charge is 0.132 e. The van der Waals surface area contributed by atoms with E-state index in [2.05, 4.69) is 21.3 Å². The van der Waals surface area contributed by atoms with Crippen LogP contribution in [0.4, 0.5) is 0 Å². The van der Waals surface area contributed by atoms with Crippen LogP contribution in [-0.2, 0) is 9.47 Å². The highest BCUT2D eigenvalue weighted by atomic mass is 16.5. The average molecular weight is 476 g/mol. The summed E-state index contributed by atoms with van der Waals surface area (Å²) in [5.41, 5.74) is 4.14. The zero-order chi connectivity index (χ0) is 24.0. The molecule has 0 amide bonds. The number of morpholine rings is 1. The van der Waals surface area contributed by atoms with Gasteiger partial charge in [0, 0.05) is 25.0 Å². The summed E-state index contributed by atoms with van der Waals surface area (Å²) in [5, 5.41) is 19.0. The van der Waals surface area contributed by atoms with Crippen molar-refractivity contribution < 1.29 is 19.3 Å². The van der Waals surface area contributed by atoms with Gasteiger partial charge in [-0.15, -0.1) is 5.10 Å². The summed E-state index contributed by atoms with van der Waals surface area (Å²) in [6, 6.07) is 14.8. The molecule has 3 heterocycles. The molecule has 5 rings (SSSR count). The summed E-state index contributed by atoms with van der Waals surface area (Å²) in [6.07, 6.45) is 1.84. The minimum absolute atomic E-state index is 0.209. The van der Waals surface area contributed by atoms with Crippen LogP contribution in [0.5, 0.6) is 11.5 Å². The van der Waals surface area contributed by atoms with Gasteiger partial charge in [0.25, 0.3) is 0 Å². The van der Waals surface area contributed by atoms with E-state index in [1.54, 1.807) is 28.9 Å². The number of fused-ring (bicyclic) bond motifs is 1. The maximum atomic E-state index is 9.49. The Kier molecular flexibility index (Phi) is 7.17. The summed E-state index contributed by atoms with van der Waals surface area (Å²) < 4.78 is 18.6. The number of aromatic nitrogens is 4. The highest BCUT2D eigenvalue weighted by molar-refractivity contribution is 5.84. The van der Waals surface area contributed by atoms with Gasteiger partial charge in [-0.1, -0.05) is 5.21 Å². The number of benzene rings is 2. The molecular weight excluding hydrogens is 446 g/mol. The molecule has 2 aromatic carbocycles. The summed E-state index contributed by atoms with van der Waals surface area (Å²) in [5.74, 6) is 1.00. The minimum Gasteiger partial charge on any atom is -0.508 e. The van der Waals surface area contributed by atoms with Crippen molar-refractivity contribution in [2.75, 3.05) is 52.7 Å². The molecule has 1 N–H and O–H groups in total. The van der Waals surface area contributed by atoms with E-state index in [0.717, 1.165) is 66.4 Å². The Morgan fingerprint density at radius 1 is 1.00 bits per heavy atom. The van der Waals surface area contributed by atoms with Crippen LogP contribution < -0.4 is 4.74 Å². The molecule has 1 saturated heterocycles. The van der Waals surface area contributed by atoms with Crippen molar-refractivity contribution in [3.8, 4) is 28.6 Å². The number of aryl methyl sites for hydroxylation is 1. The Hall–Kier alpha value is -3.53. The van der Waals surface area contributed by atoms with E-state index in [4.69, 9.17) is 19.2 Å². The van der Waals surface area contributed by atoms with Crippen molar-refractivity contribution in [1.82, 2.24) is 24.9 Å². The van der Waals surface area contributed by atoms with Gasteiger partial charge in [-0.25, -0.2) is 9.67 Å². The summed E-state index contributed by atoms with van der Waals surface area (Å²) >= 11 is 0. The van der Waals surface area contributed by atoms with Gasteiger partial charge in [-0.3, -0.25) is 4.90 Å². The number of ether oxygens (including phenoxy) is 3. The Morgan fingerprint density at radius 2 is 1.83 bits per heavy atom. The highest BCUT2D eigenvalue weighted by Crippen LogP contribution is 2.27. The van der Waals surface area contributed by atoms with Crippen molar-refractivity contribution in [2.45, 2.75) is 6.92 Å². The summed E-state index contributed by atoms with van der Waals surface area (Å²) in [6.45, 7) is 8.25. The van der Waals surface area contributed by atoms with Gasteiger partial charge in [0.05, 0.1) is 49.5 Å². The number of hydrogen-bond donors (Lipinski definition) is 1. The van der Waals surface area contributed by atoms with Crippen LogP contribution in [0.3, 0.4) is 0 Å². The van der Waals surface area contributed by atoms with Crippen molar-refractivity contribution in [3.63, 3.8) is 0 Å². The zero-order valence-corrected chi connectivity index (χ0v) is 19.8. The van der Waals surface area contributed by atoms with E-state index in [9.17, 15) is 5.11 Å². The molecule has 0 atom stereocenters. The van der Waals surface area contributed by atoms with Crippen LogP contribution in [0.1, 0.15) is 5.56 Å². The largest absolute Gasteiger partial charge is 0.508 e. The lowest BCUT2D eigenvalue weighted by Crippen LogP contribution is -2.38. The first-order chi connectivity index (χ1) is 17.2. The van der Waals surface area contributed by atoms with E-state index in [0.29, 0.717) is 25.5 Å². The van der Waals surface area contributed by atoms with Crippen LogP contribution in [0.25, 0.3) is 28.0 Å². The molecular formula is C26H29N5O4. The number of rotatable bonds is 9. The number of pyridine rings is 1. The number of nitrogens with zero attached hydrogens (tertiary/aromatic N) is 5. The Bertz CT molecular complexity index is 1270. The lowest BCUT2D eigenvalue weighted by molar-refractivity contribution is 0.0170. The molecule has 1 fully saturated rings. The highest BCUT2D eigenvalue weighted by Gasteiger charge is 2.12. The molecule has 9 heteroatoms. The third kappa shape index (κ3) is 5.76. The van der Waals surface area contributed by atoms with Crippen molar-refractivity contribution >= 4 is 10.9 Å². The van der Waals surface area contributed by atoms with E-state index in [1.165, 1.54) is 0 Å². The third-order valence-corrected chi connectivity index (χ3v) is 5.98. The van der Waals surface area contributed by atoms with Gasteiger partial charge < -0.3 is 19.3 Å². The SMILES string of the molecule is Cc1cc2cc(OCCOCCN3CCOCC3)ccc2nc1-c1cn(-c2ccc(O)cc2)nn1. The standard InChI is InChI=1S/C26H29N5O4/c1-19-16-20-17-23(35-15-14-34-13-10-30-8-11-33-12-9-30)6-7-24(20)27-26(19)25-18-31(29-28-25)21-2-4-22(32)5-3-21/h2-7,16-18,32H,8-15H2,1H3. The first-order valence-electron chi connectivity index (χ1n) is 11.8. The maximum absolute atomic E-state index is 9.49.